The van der Waals surface area contributed by atoms with Crippen LogP contribution in [-0.4, -0.2) is 43.8 Å². The zero-order valence-electron chi connectivity index (χ0n) is 10.4. The molecule has 1 unspecified atom stereocenters. The van der Waals surface area contributed by atoms with Gasteiger partial charge in [-0.15, -0.1) is 0 Å². The number of nitrogens with two attached hydrogens (primary N) is 1. The molecular formula is C13H26N2O. The Labute approximate surface area is 99.3 Å². The van der Waals surface area contributed by atoms with Gasteiger partial charge in [-0.1, -0.05) is 19.3 Å². The van der Waals surface area contributed by atoms with Crippen LogP contribution in [0.2, 0.25) is 0 Å². The molecule has 3 nitrogen and oxygen atoms in total. The largest absolute Gasteiger partial charge is 0.379 e. The third kappa shape index (κ3) is 3.72. The number of morpholine rings is 1. The highest BCUT2D eigenvalue weighted by atomic mass is 16.5. The van der Waals surface area contributed by atoms with Crippen LogP contribution < -0.4 is 5.73 Å². The van der Waals surface area contributed by atoms with Gasteiger partial charge in [0.05, 0.1) is 13.2 Å². The first-order valence-corrected chi connectivity index (χ1v) is 6.92. The molecule has 2 fully saturated rings. The van der Waals surface area contributed by atoms with E-state index in [1.807, 2.05) is 0 Å². The van der Waals surface area contributed by atoms with Crippen molar-refractivity contribution >= 4 is 0 Å². The second kappa shape index (κ2) is 6.58. The lowest BCUT2D eigenvalue weighted by molar-refractivity contribution is 0.0355. The minimum atomic E-state index is 0.433. The summed E-state index contributed by atoms with van der Waals surface area (Å²) < 4.78 is 5.35. The molecule has 2 rings (SSSR count). The van der Waals surface area contributed by atoms with Gasteiger partial charge in [0.15, 0.2) is 0 Å². The molecule has 0 aromatic rings. The van der Waals surface area contributed by atoms with Crippen molar-refractivity contribution in [2.45, 2.75) is 44.6 Å². The highest BCUT2D eigenvalue weighted by Gasteiger charge is 2.21. The van der Waals surface area contributed by atoms with Gasteiger partial charge in [-0.2, -0.15) is 0 Å². The van der Waals surface area contributed by atoms with Crippen LogP contribution in [0, 0.1) is 5.92 Å². The molecule has 0 aromatic heterocycles. The molecule has 0 spiro atoms. The Bertz CT molecular complexity index is 186. The highest BCUT2D eigenvalue weighted by molar-refractivity contribution is 4.78. The highest BCUT2D eigenvalue weighted by Crippen LogP contribution is 2.26. The smallest absolute Gasteiger partial charge is 0.0594 e. The molecule has 94 valence electrons. The second-order valence-electron chi connectivity index (χ2n) is 5.30. The van der Waals surface area contributed by atoms with E-state index in [9.17, 15) is 0 Å². The number of hydrogen-bond donors (Lipinski definition) is 1. The van der Waals surface area contributed by atoms with Crippen molar-refractivity contribution in [1.29, 1.82) is 0 Å². The first-order valence-electron chi connectivity index (χ1n) is 6.92. The first-order chi connectivity index (χ1) is 7.86. The maximum atomic E-state index is 6.31. The molecule has 1 saturated carbocycles. The van der Waals surface area contributed by atoms with Crippen LogP contribution in [0.4, 0.5) is 0 Å². The Morgan fingerprint density at radius 3 is 2.50 bits per heavy atom. The molecule has 2 aliphatic rings. The van der Waals surface area contributed by atoms with Crippen LogP contribution in [0.5, 0.6) is 0 Å². The number of rotatable bonds is 4. The van der Waals surface area contributed by atoms with E-state index in [4.69, 9.17) is 10.5 Å². The lowest BCUT2D eigenvalue weighted by atomic mass is 9.83. The van der Waals surface area contributed by atoms with E-state index in [0.717, 1.165) is 32.2 Å². The van der Waals surface area contributed by atoms with E-state index in [2.05, 4.69) is 4.90 Å². The molecule has 1 saturated heterocycles. The van der Waals surface area contributed by atoms with Gasteiger partial charge in [-0.05, 0) is 31.7 Å². The van der Waals surface area contributed by atoms with E-state index < -0.39 is 0 Å². The van der Waals surface area contributed by atoms with Crippen molar-refractivity contribution in [2.75, 3.05) is 32.8 Å². The van der Waals surface area contributed by atoms with Crippen molar-refractivity contribution in [3.05, 3.63) is 0 Å². The summed E-state index contributed by atoms with van der Waals surface area (Å²) in [7, 11) is 0. The summed E-state index contributed by atoms with van der Waals surface area (Å²) in [5.41, 5.74) is 6.31. The van der Waals surface area contributed by atoms with Gasteiger partial charge < -0.3 is 10.5 Å². The number of hydrogen-bond acceptors (Lipinski definition) is 3. The Morgan fingerprint density at radius 2 is 1.81 bits per heavy atom. The van der Waals surface area contributed by atoms with Crippen molar-refractivity contribution in [3.8, 4) is 0 Å². The summed E-state index contributed by atoms with van der Waals surface area (Å²) in [6.45, 7) is 5.16. The Hall–Kier alpha value is -0.120. The van der Waals surface area contributed by atoms with Crippen LogP contribution >= 0.6 is 0 Å². The molecule has 0 radical (unpaired) electrons. The van der Waals surface area contributed by atoms with E-state index in [-0.39, 0.29) is 0 Å². The Balaban J connectivity index is 1.63. The standard InChI is InChI=1S/C13H26N2O/c14-13(12-4-2-1-3-5-12)6-7-15-8-10-16-11-9-15/h12-13H,1-11,14H2. The third-order valence-corrected chi connectivity index (χ3v) is 4.14. The molecule has 1 aliphatic carbocycles. The van der Waals surface area contributed by atoms with Gasteiger partial charge in [-0.25, -0.2) is 0 Å². The molecular weight excluding hydrogens is 200 g/mol. The van der Waals surface area contributed by atoms with Crippen LogP contribution in [-0.2, 0) is 4.74 Å². The predicted molar refractivity (Wildman–Crippen MR) is 66.4 cm³/mol. The minimum absolute atomic E-state index is 0.433. The quantitative estimate of drug-likeness (QED) is 0.791. The fraction of sp³-hybridized carbons (Fsp3) is 1.00. The van der Waals surface area contributed by atoms with Crippen molar-refractivity contribution in [2.24, 2.45) is 11.7 Å². The van der Waals surface area contributed by atoms with Crippen molar-refractivity contribution in [1.82, 2.24) is 4.90 Å². The molecule has 16 heavy (non-hydrogen) atoms. The van der Waals surface area contributed by atoms with E-state index in [0.29, 0.717) is 6.04 Å². The Morgan fingerprint density at radius 1 is 1.12 bits per heavy atom. The molecule has 2 N–H and O–H groups in total. The molecule has 1 atom stereocenters. The van der Waals surface area contributed by atoms with Gasteiger partial charge in [-0.3, -0.25) is 4.90 Å². The molecule has 1 heterocycles. The number of nitrogens with zero attached hydrogens (tertiary/aromatic N) is 1. The van der Waals surface area contributed by atoms with Crippen molar-refractivity contribution in [3.63, 3.8) is 0 Å². The minimum Gasteiger partial charge on any atom is -0.379 e. The monoisotopic (exact) mass is 226 g/mol. The van der Waals surface area contributed by atoms with Crippen LogP contribution in [0.15, 0.2) is 0 Å². The van der Waals surface area contributed by atoms with Crippen LogP contribution in [0.1, 0.15) is 38.5 Å². The van der Waals surface area contributed by atoms with Gasteiger partial charge in [0.2, 0.25) is 0 Å². The summed E-state index contributed by atoms with van der Waals surface area (Å²) in [6, 6.07) is 0.433. The Kier molecular flexibility index (Phi) is 5.07. The van der Waals surface area contributed by atoms with Crippen LogP contribution in [0.3, 0.4) is 0 Å². The van der Waals surface area contributed by atoms with Crippen molar-refractivity contribution < 1.29 is 4.74 Å². The summed E-state index contributed by atoms with van der Waals surface area (Å²) in [5, 5.41) is 0. The summed E-state index contributed by atoms with van der Waals surface area (Å²) >= 11 is 0. The van der Waals surface area contributed by atoms with Gasteiger partial charge in [0, 0.05) is 19.1 Å². The lowest BCUT2D eigenvalue weighted by Gasteiger charge is -2.31. The average molecular weight is 226 g/mol. The molecule has 0 bridgehead atoms. The summed E-state index contributed by atoms with van der Waals surface area (Å²) in [6.07, 6.45) is 8.12. The fourth-order valence-electron chi connectivity index (χ4n) is 2.95. The van der Waals surface area contributed by atoms with Gasteiger partial charge in [0.25, 0.3) is 0 Å². The normalized spacial score (nSPS) is 26.8. The molecule has 1 aliphatic heterocycles. The maximum Gasteiger partial charge on any atom is 0.0594 e. The first kappa shape index (κ1) is 12.3. The molecule has 0 aromatic carbocycles. The topological polar surface area (TPSA) is 38.5 Å². The van der Waals surface area contributed by atoms with E-state index in [1.165, 1.54) is 45.1 Å². The summed E-state index contributed by atoms with van der Waals surface area (Å²) in [5.74, 6) is 0.801. The molecule has 3 heteroatoms. The van der Waals surface area contributed by atoms with Crippen LogP contribution in [0.25, 0.3) is 0 Å². The second-order valence-corrected chi connectivity index (χ2v) is 5.30. The SMILES string of the molecule is NC(CCN1CCOCC1)C1CCCCC1. The lowest BCUT2D eigenvalue weighted by Crippen LogP contribution is -2.40. The summed E-state index contributed by atoms with van der Waals surface area (Å²) in [4.78, 5) is 2.49. The maximum absolute atomic E-state index is 6.31. The zero-order chi connectivity index (χ0) is 11.2. The van der Waals surface area contributed by atoms with E-state index >= 15 is 0 Å². The zero-order valence-corrected chi connectivity index (χ0v) is 10.4. The van der Waals surface area contributed by atoms with Gasteiger partial charge in [0.1, 0.15) is 0 Å². The molecule has 0 amide bonds. The predicted octanol–water partition coefficient (Wildman–Crippen LogP) is 1.62. The average Bonchev–Trinajstić information content (AvgIpc) is 2.38. The van der Waals surface area contributed by atoms with E-state index in [1.54, 1.807) is 0 Å². The third-order valence-electron chi connectivity index (χ3n) is 4.14. The number of ether oxygens (including phenoxy) is 1. The van der Waals surface area contributed by atoms with Gasteiger partial charge >= 0.3 is 0 Å². The fourth-order valence-corrected chi connectivity index (χ4v) is 2.95.